The fraction of sp³-hybridized carbons (Fsp3) is 0. The van der Waals surface area contributed by atoms with E-state index < -0.39 is 0 Å². The van der Waals surface area contributed by atoms with Crippen LogP contribution in [0.25, 0.3) is 88.8 Å². The van der Waals surface area contributed by atoms with Gasteiger partial charge in [0.25, 0.3) is 0 Å². The maximum absolute atomic E-state index is 10.4. The van der Waals surface area contributed by atoms with Crippen molar-refractivity contribution in [3.8, 4) is 51.4 Å². The van der Waals surface area contributed by atoms with Crippen LogP contribution in [0.5, 0.6) is 0 Å². The number of fused-ring (bicyclic) bond motifs is 5. The van der Waals surface area contributed by atoms with Crippen LogP contribution in [0.2, 0.25) is 0 Å². The van der Waals surface area contributed by atoms with Crippen LogP contribution in [-0.4, -0.2) is 156 Å². The molecule has 0 N–H and O–H groups in total. The van der Waals surface area contributed by atoms with E-state index in [4.69, 9.17) is 161 Å². The quantitative estimate of drug-likeness (QED) is 0.166. The van der Waals surface area contributed by atoms with E-state index in [9.17, 15) is 5.26 Å². The molecule has 2 aromatic heterocycles. The Hall–Kier alpha value is -5.47. The third-order valence-electron chi connectivity index (χ3n) is 12.0. The van der Waals surface area contributed by atoms with Crippen molar-refractivity contribution in [2.45, 2.75) is 0 Å². The fourth-order valence-corrected chi connectivity index (χ4v) is 8.44. The van der Waals surface area contributed by atoms with Crippen molar-refractivity contribution < 1.29 is 4.42 Å². The highest BCUT2D eigenvalue weighted by molar-refractivity contribution is 6.71. The van der Waals surface area contributed by atoms with Gasteiger partial charge in [0.15, 0.2) is 17.5 Å². The molecule has 9 rings (SSSR count). The second kappa shape index (κ2) is 15.9. The maximum atomic E-state index is 10.4. The molecule has 0 unspecified atom stereocenters. The molecule has 0 aliphatic rings. The summed E-state index contributed by atoms with van der Waals surface area (Å²) in [5.41, 5.74) is 0.734. The molecule has 254 valence electrons. The molecule has 0 aliphatic carbocycles. The maximum Gasteiger partial charge on any atom is 0.164 e. The summed E-state index contributed by atoms with van der Waals surface area (Å²) in [5.74, 6) is -0.205. The lowest BCUT2D eigenvalue weighted by atomic mass is 9.60. The van der Waals surface area contributed by atoms with E-state index in [-0.39, 0.29) is 165 Å². The Kier molecular flexibility index (Phi) is 10.9. The van der Waals surface area contributed by atoms with Crippen LogP contribution < -0.4 is 98.3 Å². The molecule has 9 aromatic rings. The first-order valence-corrected chi connectivity index (χ1v) is 19.2. The van der Waals surface area contributed by atoms with Crippen molar-refractivity contribution in [2.24, 2.45) is 0 Å². The van der Waals surface area contributed by atoms with Gasteiger partial charge >= 0.3 is 0 Å². The Morgan fingerprint density at radius 3 is 1.31 bits per heavy atom. The molecule has 2 heterocycles. The first-order valence-electron chi connectivity index (χ1n) is 19.2. The number of hydrogen-bond acceptors (Lipinski definition) is 5. The van der Waals surface area contributed by atoms with E-state index >= 15 is 0 Å². The molecule has 65 heavy (non-hydrogen) atoms. The normalized spacial score (nSPS) is 11.6. The van der Waals surface area contributed by atoms with Gasteiger partial charge in [-0.05, 0) is 27.3 Å². The van der Waals surface area contributed by atoms with Crippen molar-refractivity contribution in [1.82, 2.24) is 15.0 Å². The molecule has 5 nitrogen and oxygen atoms in total. The van der Waals surface area contributed by atoms with Crippen molar-refractivity contribution in [2.75, 3.05) is 0 Å². The van der Waals surface area contributed by atoms with E-state index in [2.05, 4.69) is 6.07 Å². The van der Waals surface area contributed by atoms with Gasteiger partial charge in [-0.1, -0.05) is 91.0 Å². The fourth-order valence-electron chi connectivity index (χ4n) is 8.44. The van der Waals surface area contributed by atoms with Gasteiger partial charge in [-0.3, -0.25) is 0 Å². The number of benzene rings is 7. The topological polar surface area (TPSA) is 75.6 Å². The molecular formula is C42H6B18N4O. The van der Waals surface area contributed by atoms with E-state index in [0.29, 0.717) is 27.5 Å². The van der Waals surface area contributed by atoms with Gasteiger partial charge in [-0.15, -0.1) is 43.7 Å². The summed E-state index contributed by atoms with van der Waals surface area (Å²) in [5, 5.41) is 12.4. The summed E-state index contributed by atoms with van der Waals surface area (Å²) in [4.78, 5) is 14.8. The molecule has 0 saturated heterocycles. The summed E-state index contributed by atoms with van der Waals surface area (Å²) in [6, 6.07) is 12.8. The third-order valence-corrected chi connectivity index (χ3v) is 12.0. The van der Waals surface area contributed by atoms with Crippen LogP contribution in [0.1, 0.15) is 5.56 Å². The van der Waals surface area contributed by atoms with Crippen molar-refractivity contribution in [3.63, 3.8) is 0 Å². The lowest BCUT2D eigenvalue weighted by Crippen LogP contribution is -2.55. The predicted octanol–water partition coefficient (Wildman–Crippen LogP) is -11.1. The van der Waals surface area contributed by atoms with E-state index in [1.165, 1.54) is 0 Å². The number of furan rings is 1. The average Bonchev–Trinajstić information content (AvgIpc) is 3.70. The first-order chi connectivity index (χ1) is 30.7. The Labute approximate surface area is 398 Å². The van der Waals surface area contributed by atoms with Gasteiger partial charge in [-0.2, -0.15) is 5.26 Å². The Bertz CT molecular complexity index is 3700. The minimum atomic E-state index is -0.123. The summed E-state index contributed by atoms with van der Waals surface area (Å²) in [6.45, 7) is 0. The average molecular weight is 777 g/mol. The molecule has 0 bridgehead atoms. The highest BCUT2D eigenvalue weighted by atomic mass is 16.3. The minimum absolute atomic E-state index is 0.000200. The molecule has 0 aliphatic heterocycles. The van der Waals surface area contributed by atoms with E-state index in [1.807, 2.05) is 6.07 Å². The standard InChI is InChI=1S/C42H6B18N4O/c43-20-12(7-61)13-14(21(44)29(52)23(46)16(13)22(45)28(20)51)10-5-1-4-9-8(10)3-2-6-11(9)40-62-41(64-42(63-40)19-26(49)31(54)34(57)32(55)27(19)50)18-15-17-24(47)30(53)35(58)37(60)39(17)65-38(15)36(59)33(56)25(18)48/h1-6H. The molecular weight excluding hydrogens is 771 g/mol. The predicted molar refractivity (Wildman–Crippen MR) is 286 cm³/mol. The molecule has 0 saturated carbocycles. The van der Waals surface area contributed by atoms with Crippen LogP contribution in [0.4, 0.5) is 0 Å². The molecule has 7 aromatic carbocycles. The van der Waals surface area contributed by atoms with Crippen LogP contribution in [0, 0.1) is 11.3 Å². The number of nitrogens with zero attached hydrogens (tertiary/aromatic N) is 4. The van der Waals surface area contributed by atoms with Gasteiger partial charge in [-0.25, -0.2) is 15.0 Å². The zero-order chi connectivity index (χ0) is 47.0. The van der Waals surface area contributed by atoms with Gasteiger partial charge in [0.05, 0.1) is 11.6 Å². The van der Waals surface area contributed by atoms with Crippen LogP contribution >= 0.6 is 0 Å². The summed E-state index contributed by atoms with van der Waals surface area (Å²) in [7, 11) is 117. The molecule has 23 heteroatoms. The summed E-state index contributed by atoms with van der Waals surface area (Å²) < 4.78 is 6.22. The van der Waals surface area contributed by atoms with Crippen molar-refractivity contribution in [1.29, 1.82) is 5.26 Å². The van der Waals surface area contributed by atoms with E-state index in [1.54, 1.807) is 30.3 Å². The lowest BCUT2D eigenvalue weighted by Gasteiger charge is -2.25. The zero-order valence-corrected chi connectivity index (χ0v) is 34.1. The van der Waals surface area contributed by atoms with Gasteiger partial charge < -0.3 is 4.42 Å². The molecule has 0 fully saturated rings. The highest BCUT2D eigenvalue weighted by Gasteiger charge is 2.27. The zero-order valence-electron chi connectivity index (χ0n) is 34.1. The molecule has 36 radical (unpaired) electrons. The van der Waals surface area contributed by atoms with Crippen LogP contribution in [0.3, 0.4) is 0 Å². The van der Waals surface area contributed by atoms with Crippen LogP contribution in [0.15, 0.2) is 40.8 Å². The lowest BCUT2D eigenvalue weighted by molar-refractivity contribution is 0.675. The van der Waals surface area contributed by atoms with Gasteiger partial charge in [0.2, 0.25) is 0 Å². The second-order valence-electron chi connectivity index (χ2n) is 15.3. The van der Waals surface area contributed by atoms with Gasteiger partial charge in [0, 0.05) is 32.8 Å². The highest BCUT2D eigenvalue weighted by Crippen LogP contribution is 2.38. The van der Waals surface area contributed by atoms with Crippen molar-refractivity contribution >= 4 is 283 Å². The third kappa shape index (κ3) is 6.28. The Morgan fingerprint density at radius 2 is 0.723 bits per heavy atom. The second-order valence-corrected chi connectivity index (χ2v) is 15.3. The Morgan fingerprint density at radius 1 is 0.338 bits per heavy atom. The first kappa shape index (κ1) is 44.7. The van der Waals surface area contributed by atoms with Gasteiger partial charge in [0.1, 0.15) is 152 Å². The number of hydrogen-bond donors (Lipinski definition) is 0. The molecule has 0 amide bonds. The molecule has 0 spiro atoms. The SMILES string of the molecule is [B]c1c([B])c([B])c(-c2nc(-c3cccc4c(-c5c([B])c([B])c([B])c6c([B])c([B])c([B])c(C#N)c56)cccc34)nc(-c3c([B])c([B])c([B])c4oc5c([B])c([B])c([B])c([B])c5c34)n2)c([B])c1[B]. The van der Waals surface area contributed by atoms with E-state index in [0.717, 1.165) is 0 Å². The Balaban J connectivity index is 1.44. The number of rotatable bonds is 4. The summed E-state index contributed by atoms with van der Waals surface area (Å²) >= 11 is 0. The monoisotopic (exact) mass is 780 g/mol. The number of nitriles is 1. The smallest absolute Gasteiger partial charge is 0.164 e. The minimum Gasteiger partial charge on any atom is -0.457 e. The number of aromatic nitrogens is 3. The largest absolute Gasteiger partial charge is 0.457 e. The van der Waals surface area contributed by atoms with Crippen LogP contribution in [-0.2, 0) is 0 Å². The summed E-state index contributed by atoms with van der Waals surface area (Å²) in [6.07, 6.45) is 0. The van der Waals surface area contributed by atoms with Crippen molar-refractivity contribution in [3.05, 3.63) is 42.0 Å². The molecule has 0 atom stereocenters.